The molecule has 1 aliphatic heterocycles. The van der Waals surface area contributed by atoms with E-state index in [-0.39, 0.29) is 5.91 Å². The Morgan fingerprint density at radius 1 is 1.53 bits per heavy atom. The number of nitrogens with zero attached hydrogens (tertiary/aromatic N) is 3. The van der Waals surface area contributed by atoms with Gasteiger partial charge in [0.05, 0.1) is 17.6 Å². The number of aldehydes is 1. The summed E-state index contributed by atoms with van der Waals surface area (Å²) in [6.07, 6.45) is 2.31. The van der Waals surface area contributed by atoms with Gasteiger partial charge in [-0.15, -0.1) is 0 Å². The molecular formula is C9H11N3O2S. The van der Waals surface area contributed by atoms with Gasteiger partial charge in [0, 0.05) is 20.1 Å². The quantitative estimate of drug-likeness (QED) is 0.676. The summed E-state index contributed by atoms with van der Waals surface area (Å²) in [5, 5.41) is 0.749. The highest BCUT2D eigenvalue weighted by Gasteiger charge is 2.22. The predicted octanol–water partition coefficient (Wildman–Crippen LogP) is 0.234. The Bertz CT molecular complexity index is 390. The lowest BCUT2D eigenvalue weighted by Crippen LogP contribution is -2.48. The van der Waals surface area contributed by atoms with Crippen molar-refractivity contribution in [1.29, 1.82) is 0 Å². The smallest absolute Gasteiger partial charge is 0.241 e. The summed E-state index contributed by atoms with van der Waals surface area (Å²) in [7, 11) is 1.79. The summed E-state index contributed by atoms with van der Waals surface area (Å²) in [6.45, 7) is 1.82. The van der Waals surface area contributed by atoms with Crippen LogP contribution in [0.2, 0.25) is 0 Å². The van der Waals surface area contributed by atoms with Crippen LogP contribution < -0.4 is 4.90 Å². The molecule has 1 aromatic heterocycles. The molecule has 1 fully saturated rings. The average molecular weight is 225 g/mol. The number of likely N-dealkylation sites (N-methyl/N-ethyl adjacent to an activating group) is 1. The van der Waals surface area contributed by atoms with Gasteiger partial charge >= 0.3 is 0 Å². The summed E-state index contributed by atoms with van der Waals surface area (Å²) < 4.78 is 0. The number of aromatic nitrogens is 1. The maximum absolute atomic E-state index is 11.4. The summed E-state index contributed by atoms with van der Waals surface area (Å²) in [6, 6.07) is 0. The summed E-state index contributed by atoms with van der Waals surface area (Å²) >= 11 is 1.32. The van der Waals surface area contributed by atoms with E-state index in [0.717, 1.165) is 18.0 Å². The minimum absolute atomic E-state index is 0.0871. The van der Waals surface area contributed by atoms with Crippen molar-refractivity contribution >= 4 is 28.7 Å². The molecule has 0 radical (unpaired) electrons. The Kier molecular flexibility index (Phi) is 2.68. The Labute approximate surface area is 91.3 Å². The van der Waals surface area contributed by atoms with Crippen LogP contribution in [0.3, 0.4) is 0 Å². The van der Waals surface area contributed by atoms with Gasteiger partial charge in [0.25, 0.3) is 0 Å². The van der Waals surface area contributed by atoms with Crippen molar-refractivity contribution in [2.75, 3.05) is 31.6 Å². The van der Waals surface area contributed by atoms with Crippen molar-refractivity contribution in [3.8, 4) is 0 Å². The molecule has 0 bridgehead atoms. The number of hydrogen-bond acceptors (Lipinski definition) is 5. The first kappa shape index (κ1) is 10.1. The maximum Gasteiger partial charge on any atom is 0.241 e. The molecule has 0 unspecified atom stereocenters. The zero-order valence-electron chi connectivity index (χ0n) is 8.34. The SMILES string of the molecule is CN1CCN(c2ncc(C=O)s2)CC1=O. The first-order valence-corrected chi connectivity index (χ1v) is 5.42. The second kappa shape index (κ2) is 3.98. The van der Waals surface area contributed by atoms with Crippen LogP contribution in [0.1, 0.15) is 9.67 Å². The molecule has 0 saturated carbocycles. The first-order valence-electron chi connectivity index (χ1n) is 4.60. The molecule has 2 rings (SSSR count). The van der Waals surface area contributed by atoms with Crippen LogP contribution in [0.5, 0.6) is 0 Å². The van der Waals surface area contributed by atoms with E-state index in [1.54, 1.807) is 11.9 Å². The van der Waals surface area contributed by atoms with Gasteiger partial charge in [-0.3, -0.25) is 9.59 Å². The van der Waals surface area contributed by atoms with Crippen LogP contribution >= 0.6 is 11.3 Å². The van der Waals surface area contributed by atoms with E-state index in [4.69, 9.17) is 0 Å². The van der Waals surface area contributed by atoms with Crippen LogP contribution in [0.4, 0.5) is 5.13 Å². The van der Waals surface area contributed by atoms with Crippen molar-refractivity contribution in [3.05, 3.63) is 11.1 Å². The van der Waals surface area contributed by atoms with Gasteiger partial charge in [0.15, 0.2) is 11.4 Å². The van der Waals surface area contributed by atoms with Crippen LogP contribution in [-0.2, 0) is 4.79 Å². The molecule has 1 saturated heterocycles. The highest BCUT2D eigenvalue weighted by Crippen LogP contribution is 2.22. The van der Waals surface area contributed by atoms with Crippen molar-refractivity contribution in [2.24, 2.45) is 0 Å². The molecule has 0 aromatic carbocycles. The van der Waals surface area contributed by atoms with Crippen LogP contribution in [0.25, 0.3) is 0 Å². The minimum atomic E-state index is 0.0871. The lowest BCUT2D eigenvalue weighted by molar-refractivity contribution is -0.129. The highest BCUT2D eigenvalue weighted by molar-refractivity contribution is 7.17. The number of carbonyl (C=O) groups is 2. The fraction of sp³-hybridized carbons (Fsp3) is 0.444. The predicted molar refractivity (Wildman–Crippen MR) is 57.4 cm³/mol. The number of hydrogen-bond donors (Lipinski definition) is 0. The van der Waals surface area contributed by atoms with Gasteiger partial charge in [0.1, 0.15) is 0 Å². The highest BCUT2D eigenvalue weighted by atomic mass is 32.1. The van der Waals surface area contributed by atoms with Gasteiger partial charge in [-0.1, -0.05) is 11.3 Å². The van der Waals surface area contributed by atoms with E-state index < -0.39 is 0 Å². The third-order valence-corrected chi connectivity index (χ3v) is 3.34. The summed E-state index contributed by atoms with van der Waals surface area (Å²) in [5.74, 6) is 0.0871. The number of thiazole rings is 1. The van der Waals surface area contributed by atoms with Gasteiger partial charge in [-0.25, -0.2) is 4.98 Å². The summed E-state index contributed by atoms with van der Waals surface area (Å²) in [5.41, 5.74) is 0. The molecule has 1 aromatic rings. The van der Waals surface area contributed by atoms with Gasteiger partial charge < -0.3 is 9.80 Å². The van der Waals surface area contributed by atoms with E-state index in [9.17, 15) is 9.59 Å². The number of piperazine rings is 1. The van der Waals surface area contributed by atoms with Gasteiger partial charge in [-0.05, 0) is 0 Å². The number of carbonyl (C=O) groups excluding carboxylic acids is 2. The molecule has 15 heavy (non-hydrogen) atoms. The molecule has 0 N–H and O–H groups in total. The fourth-order valence-corrected chi connectivity index (χ4v) is 2.15. The molecule has 1 amide bonds. The Balaban J connectivity index is 2.11. The summed E-state index contributed by atoms with van der Waals surface area (Å²) in [4.78, 5) is 30.2. The van der Waals surface area contributed by atoms with Gasteiger partial charge in [-0.2, -0.15) is 0 Å². The molecular weight excluding hydrogens is 214 g/mol. The molecule has 2 heterocycles. The van der Waals surface area contributed by atoms with Crippen molar-refractivity contribution in [3.63, 3.8) is 0 Å². The molecule has 0 spiro atoms. The third kappa shape index (κ3) is 1.99. The standard InChI is InChI=1S/C9H11N3O2S/c1-11-2-3-12(5-8(11)14)9-10-4-7(6-13)15-9/h4,6H,2-3,5H2,1H3. The van der Waals surface area contributed by atoms with E-state index in [1.807, 2.05) is 4.90 Å². The second-order valence-corrected chi connectivity index (χ2v) is 4.44. The first-order chi connectivity index (χ1) is 7.20. The number of rotatable bonds is 2. The molecule has 0 atom stereocenters. The van der Waals surface area contributed by atoms with E-state index in [1.165, 1.54) is 17.5 Å². The van der Waals surface area contributed by atoms with Crippen LogP contribution in [-0.4, -0.2) is 48.8 Å². The zero-order chi connectivity index (χ0) is 10.8. The second-order valence-electron chi connectivity index (χ2n) is 3.40. The molecule has 5 nitrogen and oxygen atoms in total. The maximum atomic E-state index is 11.4. The van der Waals surface area contributed by atoms with E-state index in [0.29, 0.717) is 18.0 Å². The van der Waals surface area contributed by atoms with Crippen molar-refractivity contribution in [1.82, 2.24) is 9.88 Å². The van der Waals surface area contributed by atoms with E-state index >= 15 is 0 Å². The van der Waals surface area contributed by atoms with Crippen LogP contribution in [0, 0.1) is 0 Å². The molecule has 80 valence electrons. The van der Waals surface area contributed by atoms with Gasteiger partial charge in [0.2, 0.25) is 5.91 Å². The zero-order valence-corrected chi connectivity index (χ0v) is 9.16. The fourth-order valence-electron chi connectivity index (χ4n) is 1.40. The van der Waals surface area contributed by atoms with Crippen molar-refractivity contribution in [2.45, 2.75) is 0 Å². The minimum Gasteiger partial charge on any atom is -0.342 e. The largest absolute Gasteiger partial charge is 0.342 e. The van der Waals surface area contributed by atoms with E-state index in [2.05, 4.69) is 4.98 Å². The van der Waals surface area contributed by atoms with Crippen LogP contribution in [0.15, 0.2) is 6.20 Å². The molecule has 1 aliphatic rings. The number of amides is 1. The normalized spacial score (nSPS) is 17.0. The Hall–Kier alpha value is -1.43. The average Bonchev–Trinajstić information content (AvgIpc) is 2.70. The third-order valence-electron chi connectivity index (χ3n) is 2.36. The Morgan fingerprint density at radius 2 is 2.33 bits per heavy atom. The van der Waals surface area contributed by atoms with Crippen molar-refractivity contribution < 1.29 is 9.59 Å². The Morgan fingerprint density at radius 3 is 2.93 bits per heavy atom. The molecule has 6 heteroatoms. The topological polar surface area (TPSA) is 53.5 Å². The lowest BCUT2D eigenvalue weighted by Gasteiger charge is -2.31. The lowest BCUT2D eigenvalue weighted by atomic mass is 10.3. The monoisotopic (exact) mass is 225 g/mol. The number of anilines is 1. The molecule has 0 aliphatic carbocycles.